The Morgan fingerprint density at radius 1 is 0.806 bits per heavy atom. The Bertz CT molecular complexity index is 727. The number of ether oxygens (including phenoxy) is 4. The number of hydrogen-bond donors (Lipinski definition) is 7. The summed E-state index contributed by atoms with van der Waals surface area (Å²) in [4.78, 5) is 0. The van der Waals surface area contributed by atoms with Crippen LogP contribution in [0.25, 0.3) is 0 Å². The van der Waals surface area contributed by atoms with Gasteiger partial charge in [0.15, 0.2) is 12.6 Å². The second kappa shape index (κ2) is 15.5. The van der Waals surface area contributed by atoms with Crippen molar-refractivity contribution in [3.05, 3.63) is 0 Å². The highest BCUT2D eigenvalue weighted by Crippen LogP contribution is 2.31. The summed E-state index contributed by atoms with van der Waals surface area (Å²) in [6.07, 6.45) is -8.06. The largest absolute Gasteiger partial charge is 0.397 e. The van der Waals surface area contributed by atoms with E-state index in [0.29, 0.717) is 6.61 Å². The molecule has 36 heavy (non-hydrogen) atoms. The maximum absolute atomic E-state index is 11.1. The summed E-state index contributed by atoms with van der Waals surface area (Å²) < 4.78 is 57.7. The second-order valence-electron chi connectivity index (χ2n) is 9.06. The highest BCUT2D eigenvalue weighted by molar-refractivity contribution is 7.81. The zero-order valence-corrected chi connectivity index (χ0v) is 22.0. The van der Waals surface area contributed by atoms with E-state index in [1.165, 1.54) is 6.92 Å². The maximum atomic E-state index is 11.1. The van der Waals surface area contributed by atoms with Gasteiger partial charge in [0.05, 0.1) is 12.7 Å². The first-order valence-corrected chi connectivity index (χ1v) is 14.2. The standard InChI is InChI=1S/C21H40O13S2/c1-12-14(23)18(16(25)20(31-12)30-9-7-5-3-2-4-6-8-10-35)33-21-17(26)19(34-36(27,28)29)15(24)13(11-22)32-21/h12-26,35H,2-11H2,1H3,(H,27,28,29)/t12-,13+,14+,15+,16-,17+,18+,19-,20+,21-/m0/s1. The molecule has 0 aromatic rings. The molecule has 0 radical (unpaired) electrons. The van der Waals surface area contributed by atoms with Gasteiger partial charge in [-0.2, -0.15) is 21.0 Å². The first kappa shape index (κ1) is 32.1. The van der Waals surface area contributed by atoms with Crippen molar-refractivity contribution in [1.29, 1.82) is 0 Å². The average Bonchev–Trinajstić information content (AvgIpc) is 2.82. The number of aliphatic hydroxyl groups is 5. The minimum Gasteiger partial charge on any atom is -0.394 e. The molecular formula is C21H40O13S2. The fraction of sp³-hybridized carbons (Fsp3) is 1.00. The average molecular weight is 565 g/mol. The molecule has 2 saturated heterocycles. The lowest BCUT2D eigenvalue weighted by Gasteiger charge is -2.46. The molecule has 0 aromatic carbocycles. The first-order chi connectivity index (χ1) is 17.0. The minimum absolute atomic E-state index is 0.291. The quantitative estimate of drug-likeness (QED) is 0.0736. The van der Waals surface area contributed by atoms with Crippen molar-refractivity contribution in [2.75, 3.05) is 19.0 Å². The molecule has 2 rings (SSSR count). The summed E-state index contributed by atoms with van der Waals surface area (Å²) in [5.41, 5.74) is 0. The smallest absolute Gasteiger partial charge is 0.394 e. The van der Waals surface area contributed by atoms with E-state index < -0.39 is 78.4 Å². The van der Waals surface area contributed by atoms with Gasteiger partial charge < -0.3 is 44.5 Å². The van der Waals surface area contributed by atoms with Crippen molar-refractivity contribution < 1.29 is 61.6 Å². The Kier molecular flexibility index (Phi) is 13.8. The van der Waals surface area contributed by atoms with Crippen LogP contribution in [-0.2, 0) is 33.5 Å². The predicted octanol–water partition coefficient (Wildman–Crippen LogP) is -0.858. The van der Waals surface area contributed by atoms with Gasteiger partial charge in [0.1, 0.15) is 42.7 Å². The molecule has 0 spiro atoms. The van der Waals surface area contributed by atoms with Crippen LogP contribution in [0.5, 0.6) is 0 Å². The number of unbranched alkanes of at least 4 members (excludes halogenated alkanes) is 6. The van der Waals surface area contributed by atoms with Crippen LogP contribution in [0.1, 0.15) is 51.9 Å². The highest BCUT2D eigenvalue weighted by atomic mass is 32.3. The SMILES string of the molecule is C[C@@H]1O[C@@H](OCCCCCCCCCS)[C@@H](O)[C@H](O[C@@H]2O[C@H](CO)[C@@H](O)[C@H](OS(=O)(=O)O)[C@H]2O)[C@@H]1O. The van der Waals surface area contributed by atoms with Crippen LogP contribution in [0.2, 0.25) is 0 Å². The molecule has 214 valence electrons. The van der Waals surface area contributed by atoms with Crippen molar-refractivity contribution in [2.24, 2.45) is 0 Å². The van der Waals surface area contributed by atoms with Crippen molar-refractivity contribution >= 4 is 23.0 Å². The summed E-state index contributed by atoms with van der Waals surface area (Å²) in [5.74, 6) is 0.893. The highest BCUT2D eigenvalue weighted by Gasteiger charge is 2.51. The molecule has 2 heterocycles. The Labute approximate surface area is 217 Å². The summed E-state index contributed by atoms with van der Waals surface area (Å²) in [5, 5.41) is 51.3. The van der Waals surface area contributed by atoms with E-state index in [-0.39, 0.29) is 0 Å². The number of hydrogen-bond acceptors (Lipinski definition) is 13. The molecule has 0 amide bonds. The lowest BCUT2D eigenvalue weighted by Crippen LogP contribution is -2.64. The predicted molar refractivity (Wildman–Crippen MR) is 128 cm³/mol. The van der Waals surface area contributed by atoms with E-state index in [0.717, 1.165) is 50.7 Å². The fourth-order valence-electron chi connectivity index (χ4n) is 4.17. The van der Waals surface area contributed by atoms with Gasteiger partial charge in [0.25, 0.3) is 0 Å². The van der Waals surface area contributed by atoms with E-state index in [1.54, 1.807) is 0 Å². The van der Waals surface area contributed by atoms with Crippen LogP contribution in [0.3, 0.4) is 0 Å². The summed E-state index contributed by atoms with van der Waals surface area (Å²) in [6.45, 7) is 1.01. The molecule has 0 bridgehead atoms. The summed E-state index contributed by atoms with van der Waals surface area (Å²) in [7, 11) is -5.09. The molecule has 2 aliphatic rings. The monoisotopic (exact) mass is 564 g/mol. The van der Waals surface area contributed by atoms with Crippen LogP contribution in [0, 0.1) is 0 Å². The van der Waals surface area contributed by atoms with Gasteiger partial charge in [0.2, 0.25) is 0 Å². The van der Waals surface area contributed by atoms with Crippen LogP contribution < -0.4 is 0 Å². The van der Waals surface area contributed by atoms with Gasteiger partial charge in [-0.3, -0.25) is 4.55 Å². The number of rotatable bonds is 15. The molecule has 0 aliphatic carbocycles. The Morgan fingerprint density at radius 3 is 1.97 bits per heavy atom. The van der Waals surface area contributed by atoms with Gasteiger partial charge in [-0.25, -0.2) is 4.18 Å². The second-order valence-corrected chi connectivity index (χ2v) is 10.6. The Hall–Kier alpha value is -0.140. The lowest BCUT2D eigenvalue weighted by molar-refractivity contribution is -0.355. The van der Waals surface area contributed by atoms with Gasteiger partial charge in [-0.15, -0.1) is 0 Å². The molecule has 15 heteroatoms. The van der Waals surface area contributed by atoms with Crippen LogP contribution >= 0.6 is 12.6 Å². The van der Waals surface area contributed by atoms with Crippen molar-refractivity contribution in [3.63, 3.8) is 0 Å². The molecule has 0 saturated carbocycles. The molecule has 13 nitrogen and oxygen atoms in total. The minimum atomic E-state index is -5.09. The fourth-order valence-corrected chi connectivity index (χ4v) is 4.90. The van der Waals surface area contributed by atoms with Crippen LogP contribution in [0.4, 0.5) is 0 Å². The Morgan fingerprint density at radius 2 is 1.39 bits per heavy atom. The van der Waals surface area contributed by atoms with E-state index >= 15 is 0 Å². The summed E-state index contributed by atoms with van der Waals surface area (Å²) >= 11 is 4.19. The van der Waals surface area contributed by atoms with Crippen LogP contribution in [0.15, 0.2) is 0 Å². The van der Waals surface area contributed by atoms with E-state index in [9.17, 15) is 34.0 Å². The third-order valence-electron chi connectivity index (χ3n) is 6.21. The van der Waals surface area contributed by atoms with E-state index in [2.05, 4.69) is 16.8 Å². The molecular weight excluding hydrogens is 524 g/mol. The number of aliphatic hydroxyl groups excluding tert-OH is 5. The Balaban J connectivity index is 1.94. The molecule has 0 unspecified atom stereocenters. The molecule has 6 N–H and O–H groups in total. The third-order valence-corrected chi connectivity index (χ3v) is 6.99. The molecule has 0 aromatic heterocycles. The maximum Gasteiger partial charge on any atom is 0.397 e. The van der Waals surface area contributed by atoms with Crippen molar-refractivity contribution in [3.8, 4) is 0 Å². The topological polar surface area (TPSA) is 202 Å². The van der Waals surface area contributed by atoms with Gasteiger partial charge in [0, 0.05) is 6.61 Å². The van der Waals surface area contributed by atoms with Crippen molar-refractivity contribution in [2.45, 2.75) is 113 Å². The number of thiol groups is 1. The first-order valence-electron chi connectivity index (χ1n) is 12.2. The van der Waals surface area contributed by atoms with Crippen molar-refractivity contribution in [1.82, 2.24) is 0 Å². The molecule has 2 aliphatic heterocycles. The van der Waals surface area contributed by atoms with Gasteiger partial charge in [-0.05, 0) is 25.5 Å². The van der Waals surface area contributed by atoms with Crippen LogP contribution in [-0.4, -0.2) is 119 Å². The molecule has 2 fully saturated rings. The lowest BCUT2D eigenvalue weighted by atomic mass is 9.97. The van der Waals surface area contributed by atoms with Gasteiger partial charge in [-0.1, -0.05) is 32.1 Å². The normalized spacial score (nSPS) is 37.8. The van der Waals surface area contributed by atoms with E-state index in [4.69, 9.17) is 23.5 Å². The summed E-state index contributed by atoms with van der Waals surface area (Å²) in [6, 6.07) is 0. The van der Waals surface area contributed by atoms with Gasteiger partial charge >= 0.3 is 10.4 Å². The third kappa shape index (κ3) is 9.55. The molecule has 10 atom stereocenters. The van der Waals surface area contributed by atoms with E-state index in [1.807, 2.05) is 0 Å². The zero-order chi connectivity index (χ0) is 26.9. The zero-order valence-electron chi connectivity index (χ0n) is 20.2.